The van der Waals surface area contributed by atoms with Crippen LogP contribution in [0.1, 0.15) is 42.6 Å². The molecule has 1 amide bonds. The van der Waals surface area contributed by atoms with Gasteiger partial charge in [-0.25, -0.2) is 0 Å². The number of nitrogens with zero attached hydrogens (tertiary/aromatic N) is 1. The first kappa shape index (κ1) is 14.6. The van der Waals surface area contributed by atoms with Crippen molar-refractivity contribution in [2.75, 3.05) is 19.7 Å². The Bertz CT molecular complexity index is 506. The summed E-state index contributed by atoms with van der Waals surface area (Å²) < 4.78 is 5.55. The van der Waals surface area contributed by atoms with E-state index in [0.29, 0.717) is 25.3 Å². The number of benzene rings is 1. The van der Waals surface area contributed by atoms with Gasteiger partial charge in [-0.05, 0) is 50.5 Å². The van der Waals surface area contributed by atoms with Crippen molar-refractivity contribution in [2.24, 2.45) is 0 Å². The van der Waals surface area contributed by atoms with Gasteiger partial charge in [0.2, 0.25) is 0 Å². The molecular formula is C16H21NO3. The summed E-state index contributed by atoms with van der Waals surface area (Å²) in [7, 11) is 0. The number of carbonyl (C=O) groups excluding carboxylic acids is 2. The van der Waals surface area contributed by atoms with Gasteiger partial charge in [-0.2, -0.15) is 0 Å². The van der Waals surface area contributed by atoms with E-state index in [4.69, 9.17) is 4.74 Å². The molecule has 0 spiro atoms. The predicted octanol–water partition coefficient (Wildman–Crippen LogP) is 2.45. The first-order chi connectivity index (χ1) is 9.65. The molecule has 2 rings (SSSR count). The second-order valence-corrected chi connectivity index (χ2v) is 4.95. The van der Waals surface area contributed by atoms with Gasteiger partial charge in [-0.3, -0.25) is 9.59 Å². The van der Waals surface area contributed by atoms with Crippen molar-refractivity contribution in [2.45, 2.75) is 33.1 Å². The summed E-state index contributed by atoms with van der Waals surface area (Å²) in [4.78, 5) is 25.3. The fourth-order valence-electron chi connectivity index (χ4n) is 2.53. The van der Waals surface area contributed by atoms with Gasteiger partial charge in [0.1, 0.15) is 5.75 Å². The number of rotatable bonds is 5. The third kappa shape index (κ3) is 3.18. The summed E-state index contributed by atoms with van der Waals surface area (Å²) in [6, 6.07) is 5.48. The van der Waals surface area contributed by atoms with E-state index in [1.54, 1.807) is 11.0 Å². The smallest absolute Gasteiger partial charge is 0.260 e. The highest BCUT2D eigenvalue weighted by atomic mass is 16.5. The molecule has 0 aliphatic heterocycles. The molecule has 0 saturated heterocycles. The van der Waals surface area contributed by atoms with E-state index >= 15 is 0 Å². The highest BCUT2D eigenvalue weighted by molar-refractivity contribution is 5.98. The van der Waals surface area contributed by atoms with Crippen LogP contribution < -0.4 is 4.74 Å². The number of fused-ring (bicyclic) bond motifs is 1. The number of carbonyl (C=O) groups is 2. The lowest BCUT2D eigenvalue weighted by Gasteiger charge is -2.19. The zero-order valence-corrected chi connectivity index (χ0v) is 12.1. The van der Waals surface area contributed by atoms with Gasteiger partial charge in [-0.1, -0.05) is 0 Å². The number of ether oxygens (including phenoxy) is 1. The Kier molecular flexibility index (Phi) is 4.77. The maximum atomic E-state index is 11.9. The van der Waals surface area contributed by atoms with Gasteiger partial charge in [0.05, 0.1) is 0 Å². The zero-order chi connectivity index (χ0) is 14.5. The molecule has 0 bridgehead atoms. The van der Waals surface area contributed by atoms with Crippen molar-refractivity contribution >= 4 is 11.7 Å². The number of likely N-dealkylation sites (N-methyl/N-ethyl adjacent to an activating group) is 1. The second kappa shape index (κ2) is 6.55. The third-order valence-electron chi connectivity index (χ3n) is 3.71. The normalized spacial score (nSPS) is 13.8. The van der Waals surface area contributed by atoms with Gasteiger partial charge in [0.15, 0.2) is 12.4 Å². The Morgan fingerprint density at radius 2 is 2.00 bits per heavy atom. The molecule has 0 saturated carbocycles. The molecule has 4 nitrogen and oxygen atoms in total. The number of hydrogen-bond acceptors (Lipinski definition) is 3. The molecule has 0 fully saturated rings. The Labute approximate surface area is 119 Å². The van der Waals surface area contributed by atoms with Crippen LogP contribution in [0, 0.1) is 0 Å². The van der Waals surface area contributed by atoms with Gasteiger partial charge >= 0.3 is 0 Å². The van der Waals surface area contributed by atoms with Gasteiger partial charge in [0.25, 0.3) is 5.91 Å². The van der Waals surface area contributed by atoms with Crippen molar-refractivity contribution in [1.29, 1.82) is 0 Å². The first-order valence-electron chi connectivity index (χ1n) is 7.22. The maximum Gasteiger partial charge on any atom is 0.260 e. The van der Waals surface area contributed by atoms with Gasteiger partial charge in [-0.15, -0.1) is 0 Å². The van der Waals surface area contributed by atoms with Crippen LogP contribution in [0.4, 0.5) is 0 Å². The number of aryl methyl sites for hydroxylation is 1. The van der Waals surface area contributed by atoms with Crippen LogP contribution in [0.3, 0.4) is 0 Å². The molecule has 1 aromatic rings. The largest absolute Gasteiger partial charge is 0.484 e. The Morgan fingerprint density at radius 3 is 2.70 bits per heavy atom. The molecule has 0 atom stereocenters. The van der Waals surface area contributed by atoms with Gasteiger partial charge in [0, 0.05) is 25.1 Å². The summed E-state index contributed by atoms with van der Waals surface area (Å²) in [5.41, 5.74) is 1.84. The summed E-state index contributed by atoms with van der Waals surface area (Å²) in [6.45, 7) is 5.33. The molecule has 108 valence electrons. The van der Waals surface area contributed by atoms with Crippen molar-refractivity contribution in [3.8, 4) is 5.75 Å². The highest BCUT2D eigenvalue weighted by Crippen LogP contribution is 2.25. The molecule has 1 aliphatic carbocycles. The van der Waals surface area contributed by atoms with E-state index in [2.05, 4.69) is 0 Å². The van der Waals surface area contributed by atoms with E-state index in [1.165, 1.54) is 0 Å². The Morgan fingerprint density at radius 1 is 1.25 bits per heavy atom. The van der Waals surface area contributed by atoms with E-state index < -0.39 is 0 Å². The number of hydrogen-bond donors (Lipinski definition) is 0. The molecule has 0 heterocycles. The number of amides is 1. The second-order valence-electron chi connectivity index (χ2n) is 4.95. The summed E-state index contributed by atoms with van der Waals surface area (Å²) in [5.74, 6) is 0.861. The fourth-order valence-corrected chi connectivity index (χ4v) is 2.53. The van der Waals surface area contributed by atoms with E-state index in [9.17, 15) is 9.59 Å². The molecule has 1 aromatic carbocycles. The standard InChI is InChI=1S/C16H21NO3/c1-3-17(4-2)16(19)11-20-13-8-9-14-12(10-13)6-5-7-15(14)18/h8-10H,3-7,11H2,1-2H3. The molecule has 0 N–H and O–H groups in total. The van der Waals surface area contributed by atoms with E-state index in [-0.39, 0.29) is 18.3 Å². The van der Waals surface area contributed by atoms with E-state index in [0.717, 1.165) is 24.0 Å². The van der Waals surface area contributed by atoms with Crippen molar-refractivity contribution in [1.82, 2.24) is 4.90 Å². The molecular weight excluding hydrogens is 254 g/mol. The summed E-state index contributed by atoms with van der Waals surface area (Å²) in [6.07, 6.45) is 2.43. The maximum absolute atomic E-state index is 11.9. The topological polar surface area (TPSA) is 46.6 Å². The Hall–Kier alpha value is -1.84. The fraction of sp³-hybridized carbons (Fsp3) is 0.500. The van der Waals surface area contributed by atoms with E-state index in [1.807, 2.05) is 26.0 Å². The predicted molar refractivity (Wildman–Crippen MR) is 77.1 cm³/mol. The van der Waals surface area contributed by atoms with Crippen LogP contribution in [0.25, 0.3) is 0 Å². The van der Waals surface area contributed by atoms with Crippen LogP contribution in [-0.4, -0.2) is 36.3 Å². The summed E-state index contributed by atoms with van der Waals surface area (Å²) >= 11 is 0. The molecule has 4 heteroatoms. The third-order valence-corrected chi connectivity index (χ3v) is 3.71. The number of ketones is 1. The SMILES string of the molecule is CCN(CC)C(=O)COc1ccc2c(c1)CCCC2=O. The number of Topliss-reactive ketones (excluding diaryl/α,β-unsaturated/α-hetero) is 1. The molecule has 0 unspecified atom stereocenters. The molecule has 0 aromatic heterocycles. The van der Waals surface area contributed by atoms with Crippen molar-refractivity contribution in [3.05, 3.63) is 29.3 Å². The van der Waals surface area contributed by atoms with Crippen molar-refractivity contribution in [3.63, 3.8) is 0 Å². The minimum atomic E-state index is -0.0104. The minimum absolute atomic E-state index is 0.0104. The molecule has 0 radical (unpaired) electrons. The first-order valence-corrected chi connectivity index (χ1v) is 7.22. The Balaban J connectivity index is 2.01. The van der Waals surface area contributed by atoms with Crippen LogP contribution in [0.2, 0.25) is 0 Å². The quantitative estimate of drug-likeness (QED) is 0.829. The molecule has 20 heavy (non-hydrogen) atoms. The van der Waals surface area contributed by atoms with Crippen molar-refractivity contribution < 1.29 is 14.3 Å². The minimum Gasteiger partial charge on any atom is -0.484 e. The van der Waals surface area contributed by atoms with Crippen LogP contribution >= 0.6 is 0 Å². The monoisotopic (exact) mass is 275 g/mol. The van der Waals surface area contributed by atoms with Crippen LogP contribution in [0.15, 0.2) is 18.2 Å². The van der Waals surface area contributed by atoms with Crippen LogP contribution in [-0.2, 0) is 11.2 Å². The summed E-state index contributed by atoms with van der Waals surface area (Å²) in [5, 5.41) is 0. The zero-order valence-electron chi connectivity index (χ0n) is 12.1. The lowest BCUT2D eigenvalue weighted by molar-refractivity contribution is -0.132. The average Bonchev–Trinajstić information content (AvgIpc) is 2.46. The molecule has 1 aliphatic rings. The lowest BCUT2D eigenvalue weighted by atomic mass is 9.91. The lowest BCUT2D eigenvalue weighted by Crippen LogP contribution is -2.34. The van der Waals surface area contributed by atoms with Gasteiger partial charge < -0.3 is 9.64 Å². The van der Waals surface area contributed by atoms with Crippen LogP contribution in [0.5, 0.6) is 5.75 Å². The highest BCUT2D eigenvalue weighted by Gasteiger charge is 2.18. The average molecular weight is 275 g/mol.